The molecule has 1 aromatic carbocycles. The topological polar surface area (TPSA) is 31.4 Å². The van der Waals surface area contributed by atoms with E-state index < -0.39 is 0 Å². The van der Waals surface area contributed by atoms with Gasteiger partial charge < -0.3 is 9.47 Å². The highest BCUT2D eigenvalue weighted by molar-refractivity contribution is 7.13. The van der Waals surface area contributed by atoms with E-state index in [4.69, 9.17) is 9.47 Å². The molecular formula is C14H17NO2S. The predicted octanol–water partition coefficient (Wildman–Crippen LogP) is 3.95. The van der Waals surface area contributed by atoms with Gasteiger partial charge in [0, 0.05) is 0 Å². The Morgan fingerprint density at radius 3 is 2.50 bits per heavy atom. The summed E-state index contributed by atoms with van der Waals surface area (Å²) < 4.78 is 10.5. The summed E-state index contributed by atoms with van der Waals surface area (Å²) in [5.41, 5.74) is 2.30. The highest BCUT2D eigenvalue weighted by atomic mass is 32.1. The summed E-state index contributed by atoms with van der Waals surface area (Å²) in [6, 6.07) is 6.23. The van der Waals surface area contributed by atoms with Crippen LogP contribution in [0.15, 0.2) is 23.6 Å². The van der Waals surface area contributed by atoms with Crippen LogP contribution in [0.1, 0.15) is 25.3 Å². The Balaban J connectivity index is 2.49. The third-order valence-electron chi connectivity index (χ3n) is 2.81. The van der Waals surface area contributed by atoms with E-state index in [2.05, 4.69) is 31.0 Å². The summed E-state index contributed by atoms with van der Waals surface area (Å²) in [4.78, 5) is 4.42. The fraction of sp³-hybridized carbons (Fsp3) is 0.357. The molecule has 0 bridgehead atoms. The molecule has 2 aromatic rings. The van der Waals surface area contributed by atoms with Crippen molar-refractivity contribution in [1.29, 1.82) is 0 Å². The van der Waals surface area contributed by atoms with Crippen LogP contribution in [0, 0.1) is 0 Å². The van der Waals surface area contributed by atoms with Crippen LogP contribution in [0.25, 0.3) is 10.6 Å². The number of methoxy groups -OCH3 is 2. The molecule has 2 rings (SSSR count). The van der Waals surface area contributed by atoms with Crippen LogP contribution < -0.4 is 9.47 Å². The second-order valence-corrected chi connectivity index (χ2v) is 5.17. The molecule has 1 aromatic heterocycles. The molecule has 0 amide bonds. The number of thiazole rings is 1. The van der Waals surface area contributed by atoms with Crippen molar-refractivity contribution in [2.24, 2.45) is 0 Å². The lowest BCUT2D eigenvalue weighted by Crippen LogP contribution is -1.92. The molecule has 0 radical (unpaired) electrons. The number of hydrogen-bond donors (Lipinski definition) is 0. The Bertz CT molecular complexity index is 534. The van der Waals surface area contributed by atoms with Gasteiger partial charge in [-0.15, -0.1) is 11.3 Å². The second-order valence-electron chi connectivity index (χ2n) is 4.31. The van der Waals surface area contributed by atoms with Crippen molar-refractivity contribution in [1.82, 2.24) is 4.98 Å². The number of benzene rings is 1. The van der Waals surface area contributed by atoms with Crippen LogP contribution in [0.5, 0.6) is 11.6 Å². The molecule has 0 saturated carbocycles. The van der Waals surface area contributed by atoms with Crippen molar-refractivity contribution in [2.45, 2.75) is 19.8 Å². The normalized spacial score (nSPS) is 10.7. The first-order chi connectivity index (χ1) is 8.65. The van der Waals surface area contributed by atoms with Crippen LogP contribution in [0.4, 0.5) is 0 Å². The first-order valence-corrected chi connectivity index (χ1v) is 6.71. The van der Waals surface area contributed by atoms with Gasteiger partial charge in [0.05, 0.1) is 25.2 Å². The molecular weight excluding hydrogens is 246 g/mol. The van der Waals surface area contributed by atoms with Gasteiger partial charge in [0.15, 0.2) is 0 Å². The lowest BCUT2D eigenvalue weighted by molar-refractivity contribution is 0.400. The highest BCUT2D eigenvalue weighted by Crippen LogP contribution is 2.35. The van der Waals surface area contributed by atoms with Gasteiger partial charge >= 0.3 is 0 Å². The van der Waals surface area contributed by atoms with Crippen molar-refractivity contribution in [3.8, 4) is 22.2 Å². The molecule has 3 nitrogen and oxygen atoms in total. The molecule has 0 spiro atoms. The SMILES string of the molecule is COc1csc(-c2cc(C(C)C)ccc2OC)n1. The summed E-state index contributed by atoms with van der Waals surface area (Å²) >= 11 is 1.56. The van der Waals surface area contributed by atoms with Gasteiger partial charge in [-0.3, -0.25) is 0 Å². The Morgan fingerprint density at radius 2 is 1.94 bits per heavy atom. The fourth-order valence-electron chi connectivity index (χ4n) is 1.73. The molecule has 18 heavy (non-hydrogen) atoms. The second kappa shape index (κ2) is 5.40. The minimum atomic E-state index is 0.483. The van der Waals surface area contributed by atoms with Gasteiger partial charge in [-0.2, -0.15) is 0 Å². The van der Waals surface area contributed by atoms with Crippen LogP contribution in [-0.2, 0) is 0 Å². The molecule has 0 fully saturated rings. The van der Waals surface area contributed by atoms with E-state index in [0.717, 1.165) is 16.3 Å². The molecule has 0 aliphatic carbocycles. The van der Waals surface area contributed by atoms with E-state index >= 15 is 0 Å². The zero-order chi connectivity index (χ0) is 13.1. The van der Waals surface area contributed by atoms with Crippen molar-refractivity contribution in [3.05, 3.63) is 29.1 Å². The van der Waals surface area contributed by atoms with E-state index in [-0.39, 0.29) is 0 Å². The average Bonchev–Trinajstić information content (AvgIpc) is 2.86. The molecule has 0 atom stereocenters. The quantitative estimate of drug-likeness (QED) is 0.837. The van der Waals surface area contributed by atoms with Gasteiger partial charge in [-0.25, -0.2) is 4.98 Å². The Morgan fingerprint density at radius 1 is 1.17 bits per heavy atom. The van der Waals surface area contributed by atoms with Gasteiger partial charge in [-0.05, 0) is 23.6 Å². The Labute approximate surface area is 111 Å². The minimum absolute atomic E-state index is 0.483. The molecule has 96 valence electrons. The lowest BCUT2D eigenvalue weighted by atomic mass is 10.0. The van der Waals surface area contributed by atoms with Gasteiger partial charge in [-0.1, -0.05) is 19.9 Å². The van der Waals surface area contributed by atoms with E-state index in [1.54, 1.807) is 25.6 Å². The maximum absolute atomic E-state index is 5.40. The smallest absolute Gasteiger partial charge is 0.224 e. The van der Waals surface area contributed by atoms with Gasteiger partial charge in [0.2, 0.25) is 5.88 Å². The summed E-state index contributed by atoms with van der Waals surface area (Å²) in [5, 5.41) is 2.82. The van der Waals surface area contributed by atoms with Crippen molar-refractivity contribution in [3.63, 3.8) is 0 Å². The average molecular weight is 263 g/mol. The largest absolute Gasteiger partial charge is 0.496 e. The van der Waals surface area contributed by atoms with Crippen LogP contribution >= 0.6 is 11.3 Å². The van der Waals surface area contributed by atoms with Crippen LogP contribution in [-0.4, -0.2) is 19.2 Å². The third-order valence-corrected chi connectivity index (χ3v) is 3.67. The fourth-order valence-corrected chi connectivity index (χ4v) is 2.52. The molecule has 4 heteroatoms. The number of hydrogen-bond acceptors (Lipinski definition) is 4. The zero-order valence-electron chi connectivity index (χ0n) is 11.1. The number of aromatic nitrogens is 1. The zero-order valence-corrected chi connectivity index (χ0v) is 11.9. The first kappa shape index (κ1) is 12.9. The lowest BCUT2D eigenvalue weighted by Gasteiger charge is -2.11. The first-order valence-electron chi connectivity index (χ1n) is 5.83. The van der Waals surface area contributed by atoms with E-state index in [1.807, 2.05) is 11.4 Å². The minimum Gasteiger partial charge on any atom is -0.496 e. The van der Waals surface area contributed by atoms with Crippen LogP contribution in [0.2, 0.25) is 0 Å². The van der Waals surface area contributed by atoms with Crippen LogP contribution in [0.3, 0.4) is 0 Å². The van der Waals surface area contributed by atoms with E-state index in [9.17, 15) is 0 Å². The third kappa shape index (κ3) is 2.48. The number of nitrogens with zero attached hydrogens (tertiary/aromatic N) is 1. The monoisotopic (exact) mass is 263 g/mol. The molecule has 0 unspecified atom stereocenters. The Kier molecular flexibility index (Phi) is 3.87. The molecule has 0 saturated heterocycles. The highest BCUT2D eigenvalue weighted by Gasteiger charge is 2.12. The van der Waals surface area contributed by atoms with Crippen molar-refractivity contribution >= 4 is 11.3 Å². The summed E-state index contributed by atoms with van der Waals surface area (Å²) in [5.74, 6) is 1.97. The summed E-state index contributed by atoms with van der Waals surface area (Å²) in [7, 11) is 3.30. The Hall–Kier alpha value is -1.55. The number of ether oxygens (including phenoxy) is 2. The van der Waals surface area contributed by atoms with Crippen molar-refractivity contribution in [2.75, 3.05) is 14.2 Å². The molecule has 0 aliphatic rings. The standard InChI is InChI=1S/C14H17NO2S/c1-9(2)10-5-6-12(16-3)11(7-10)14-15-13(17-4)8-18-14/h5-9H,1-4H3. The molecule has 0 N–H and O–H groups in total. The van der Waals surface area contributed by atoms with Gasteiger partial charge in [0.1, 0.15) is 10.8 Å². The van der Waals surface area contributed by atoms with Gasteiger partial charge in [0.25, 0.3) is 0 Å². The van der Waals surface area contributed by atoms with Crippen molar-refractivity contribution < 1.29 is 9.47 Å². The van der Waals surface area contributed by atoms with E-state index in [1.165, 1.54) is 5.56 Å². The molecule has 0 aliphatic heterocycles. The molecule has 1 heterocycles. The summed E-state index contributed by atoms with van der Waals surface area (Å²) in [6.07, 6.45) is 0. The van der Waals surface area contributed by atoms with E-state index in [0.29, 0.717) is 11.8 Å². The maximum Gasteiger partial charge on any atom is 0.224 e. The maximum atomic E-state index is 5.40. The number of rotatable bonds is 4. The summed E-state index contributed by atoms with van der Waals surface area (Å²) in [6.45, 7) is 4.35. The predicted molar refractivity (Wildman–Crippen MR) is 74.7 cm³/mol.